The van der Waals surface area contributed by atoms with Gasteiger partial charge in [-0.2, -0.15) is 0 Å². The van der Waals surface area contributed by atoms with Gasteiger partial charge in [0, 0.05) is 19.0 Å². The van der Waals surface area contributed by atoms with Crippen molar-refractivity contribution < 1.29 is 26.1 Å². The molecule has 31 heavy (non-hydrogen) atoms. The number of nitrogens with zero attached hydrogens (tertiary/aromatic N) is 2. The highest BCUT2D eigenvalue weighted by Crippen LogP contribution is 2.29. The van der Waals surface area contributed by atoms with Crippen molar-refractivity contribution in [3.63, 3.8) is 0 Å². The summed E-state index contributed by atoms with van der Waals surface area (Å²) in [7, 11) is 3.07. The Kier molecular flexibility index (Phi) is 9.83. The lowest BCUT2D eigenvalue weighted by molar-refractivity contribution is -0.143. The van der Waals surface area contributed by atoms with Gasteiger partial charge in [-0.1, -0.05) is 24.3 Å². The van der Waals surface area contributed by atoms with E-state index in [0.717, 1.165) is 5.56 Å². The summed E-state index contributed by atoms with van der Waals surface area (Å²) >= 11 is 1.30. The molecule has 0 aliphatic carbocycles. The van der Waals surface area contributed by atoms with Crippen molar-refractivity contribution in [3.8, 4) is 11.5 Å². The van der Waals surface area contributed by atoms with Crippen molar-refractivity contribution >= 4 is 41.4 Å². The highest BCUT2D eigenvalue weighted by Gasteiger charge is 2.48. The minimum atomic E-state index is -3.04. The van der Waals surface area contributed by atoms with Gasteiger partial charge in [-0.15, -0.1) is 0 Å². The second kappa shape index (κ2) is 12.3. The van der Waals surface area contributed by atoms with E-state index in [0.29, 0.717) is 17.1 Å². The maximum absolute atomic E-state index is 14.0. The van der Waals surface area contributed by atoms with Gasteiger partial charge in [0.2, 0.25) is 5.54 Å². The summed E-state index contributed by atoms with van der Waals surface area (Å²) in [6.45, 7) is 0.245. The molecule has 0 aliphatic heterocycles. The van der Waals surface area contributed by atoms with Crippen LogP contribution in [0.4, 0.5) is 8.78 Å². The first-order valence-electron chi connectivity index (χ1n) is 9.39. The molecule has 0 heterocycles. The van der Waals surface area contributed by atoms with E-state index in [1.807, 2.05) is 18.2 Å². The van der Waals surface area contributed by atoms with Gasteiger partial charge in [0.15, 0.2) is 23.0 Å². The first-order valence-corrected chi connectivity index (χ1v) is 10.3. The Morgan fingerprint density at radius 2 is 1.65 bits per heavy atom. The predicted molar refractivity (Wildman–Crippen MR) is 124 cm³/mol. The Hall–Kier alpha value is -2.56. The number of hydrogen-bond acceptors (Lipinski definition) is 6. The average Bonchev–Trinajstić information content (AvgIpc) is 2.80. The van der Waals surface area contributed by atoms with Crippen molar-refractivity contribution in [1.29, 1.82) is 0 Å². The molecule has 0 saturated heterocycles. The van der Waals surface area contributed by atoms with E-state index in [2.05, 4.69) is 13.1 Å². The number of halogens is 3. The molecule has 1 atom stereocenters. The first-order chi connectivity index (χ1) is 14.9. The standard InChI is InChI=1S/C22H23F2IN2O4/c1-29-18-8-3-6-16(12-18)14-26-11-5-10-22(20(23)24,21(28)31-25)27-15-17-7-4-9-19(13-17)30-2/h3-4,6-9,12-15,20H,5,10-11H2,1-2H3/b26-14+,27-15+. The molecule has 0 bridgehead atoms. The lowest BCUT2D eigenvalue weighted by atomic mass is 9.94. The van der Waals surface area contributed by atoms with E-state index in [9.17, 15) is 13.6 Å². The molecule has 0 saturated carbocycles. The molecule has 1 unspecified atom stereocenters. The Balaban J connectivity index is 2.12. The quantitative estimate of drug-likeness (QED) is 0.229. The molecule has 0 aliphatic rings. The van der Waals surface area contributed by atoms with Gasteiger partial charge in [0.1, 0.15) is 11.5 Å². The maximum Gasteiger partial charge on any atom is 0.349 e. The molecule has 0 N–H and O–H groups in total. The zero-order valence-electron chi connectivity index (χ0n) is 17.1. The number of methoxy groups -OCH3 is 2. The zero-order valence-corrected chi connectivity index (χ0v) is 19.3. The molecule has 0 spiro atoms. The van der Waals surface area contributed by atoms with Crippen LogP contribution in [0.2, 0.25) is 0 Å². The van der Waals surface area contributed by atoms with Gasteiger partial charge in [-0.05, 0) is 48.2 Å². The monoisotopic (exact) mass is 544 g/mol. The van der Waals surface area contributed by atoms with Crippen LogP contribution in [-0.4, -0.2) is 51.1 Å². The number of alkyl halides is 2. The third kappa shape index (κ3) is 6.98. The molecule has 0 amide bonds. The number of rotatable bonds is 11. The molecular weight excluding hydrogens is 521 g/mol. The van der Waals surface area contributed by atoms with Crippen molar-refractivity contribution in [2.24, 2.45) is 9.98 Å². The van der Waals surface area contributed by atoms with Crippen LogP contribution in [0.3, 0.4) is 0 Å². The highest BCUT2D eigenvalue weighted by atomic mass is 127. The van der Waals surface area contributed by atoms with Crippen molar-refractivity contribution in [1.82, 2.24) is 0 Å². The fourth-order valence-corrected chi connectivity index (χ4v) is 3.17. The summed E-state index contributed by atoms with van der Waals surface area (Å²) < 4.78 is 42.9. The molecule has 0 aromatic heterocycles. The minimum absolute atomic E-state index is 0.214. The van der Waals surface area contributed by atoms with E-state index in [4.69, 9.17) is 9.47 Å². The van der Waals surface area contributed by atoms with Gasteiger partial charge < -0.3 is 12.5 Å². The van der Waals surface area contributed by atoms with Crippen LogP contribution >= 0.6 is 23.0 Å². The second-order valence-corrected chi connectivity index (χ2v) is 6.98. The molecule has 6 nitrogen and oxygen atoms in total. The molecule has 9 heteroatoms. The smallest absolute Gasteiger partial charge is 0.349 e. The lowest BCUT2D eigenvalue weighted by Crippen LogP contribution is -2.44. The molecule has 0 fully saturated rings. The second-order valence-electron chi connectivity index (χ2n) is 6.54. The van der Waals surface area contributed by atoms with E-state index < -0.39 is 17.9 Å². The third-order valence-electron chi connectivity index (χ3n) is 4.50. The van der Waals surface area contributed by atoms with Crippen LogP contribution in [-0.2, 0) is 7.86 Å². The fourth-order valence-electron chi connectivity index (χ4n) is 2.78. The molecule has 166 valence electrons. The van der Waals surface area contributed by atoms with E-state index >= 15 is 0 Å². The van der Waals surface area contributed by atoms with Crippen LogP contribution in [0, 0.1) is 0 Å². The molecule has 2 rings (SSSR count). The number of benzene rings is 2. The summed E-state index contributed by atoms with van der Waals surface area (Å²) in [5.41, 5.74) is -0.959. The van der Waals surface area contributed by atoms with Crippen molar-refractivity contribution in [2.45, 2.75) is 24.8 Å². The normalized spacial score (nSPS) is 13.5. The maximum atomic E-state index is 14.0. The molecular formula is C22H23F2IN2O4. The lowest BCUT2D eigenvalue weighted by Gasteiger charge is -2.25. The van der Waals surface area contributed by atoms with Crippen LogP contribution in [0.5, 0.6) is 11.5 Å². The topological polar surface area (TPSA) is 69.5 Å². The van der Waals surface area contributed by atoms with E-state index in [-0.39, 0.29) is 19.4 Å². The number of aliphatic imine (C=N–C) groups is 2. The SMILES string of the molecule is COc1cccc(/C=N/CCCC(/N=C/c2cccc(OC)c2)(C(=O)OI)C(F)F)c1. The number of carbonyl (C=O) groups excluding carboxylic acids is 1. The summed E-state index contributed by atoms with van der Waals surface area (Å²) in [4.78, 5) is 20.5. The summed E-state index contributed by atoms with van der Waals surface area (Å²) in [6, 6.07) is 14.0. The van der Waals surface area contributed by atoms with Crippen LogP contribution in [0.15, 0.2) is 58.5 Å². The van der Waals surface area contributed by atoms with Crippen molar-refractivity contribution in [3.05, 3.63) is 59.7 Å². The Morgan fingerprint density at radius 3 is 2.16 bits per heavy atom. The summed E-state index contributed by atoms with van der Waals surface area (Å²) in [6.07, 6.45) is -0.183. The predicted octanol–water partition coefficient (Wildman–Crippen LogP) is 4.92. The minimum Gasteiger partial charge on any atom is -0.497 e. The Labute approximate surface area is 194 Å². The van der Waals surface area contributed by atoms with Crippen LogP contribution < -0.4 is 9.47 Å². The van der Waals surface area contributed by atoms with Gasteiger partial charge in [-0.25, -0.2) is 13.6 Å². The van der Waals surface area contributed by atoms with Gasteiger partial charge in [0.05, 0.1) is 14.2 Å². The largest absolute Gasteiger partial charge is 0.497 e. The molecule has 0 radical (unpaired) electrons. The number of carbonyl (C=O) groups is 1. The first kappa shape index (κ1) is 24.7. The van der Waals surface area contributed by atoms with Crippen molar-refractivity contribution in [2.75, 3.05) is 20.8 Å². The molecule has 2 aromatic carbocycles. The Morgan fingerprint density at radius 1 is 1.06 bits per heavy atom. The summed E-state index contributed by atoms with van der Waals surface area (Å²) in [5, 5.41) is 0. The van der Waals surface area contributed by atoms with E-state index in [1.165, 1.54) is 36.3 Å². The molecule has 2 aromatic rings. The third-order valence-corrected chi connectivity index (χ3v) is 4.90. The zero-order chi connectivity index (χ0) is 22.7. The highest BCUT2D eigenvalue weighted by molar-refractivity contribution is 14.1. The van der Waals surface area contributed by atoms with Gasteiger partial charge in [0.25, 0.3) is 6.43 Å². The number of ether oxygens (including phenoxy) is 2. The van der Waals surface area contributed by atoms with Gasteiger partial charge >= 0.3 is 5.97 Å². The summed E-state index contributed by atoms with van der Waals surface area (Å²) in [5.74, 6) is 0.145. The number of hydrogen-bond donors (Lipinski definition) is 0. The Bertz CT molecular complexity index is 924. The van der Waals surface area contributed by atoms with Gasteiger partial charge in [-0.3, -0.25) is 9.98 Å². The van der Waals surface area contributed by atoms with Crippen LogP contribution in [0.1, 0.15) is 24.0 Å². The average molecular weight is 544 g/mol. The fraction of sp³-hybridized carbons (Fsp3) is 0.318. The van der Waals surface area contributed by atoms with Crippen LogP contribution in [0.25, 0.3) is 0 Å². The van der Waals surface area contributed by atoms with E-state index in [1.54, 1.807) is 43.7 Å².